The lowest BCUT2D eigenvalue weighted by Crippen LogP contribution is -2.28. The second-order valence-corrected chi connectivity index (χ2v) is 6.59. The summed E-state index contributed by atoms with van der Waals surface area (Å²) in [7, 11) is 0. The van der Waals surface area contributed by atoms with Gasteiger partial charge in [0.2, 0.25) is 0 Å². The van der Waals surface area contributed by atoms with Crippen molar-refractivity contribution in [2.75, 3.05) is 13.1 Å². The van der Waals surface area contributed by atoms with E-state index in [9.17, 15) is 9.18 Å². The molecule has 0 radical (unpaired) electrons. The van der Waals surface area contributed by atoms with Crippen molar-refractivity contribution in [2.45, 2.75) is 12.3 Å². The summed E-state index contributed by atoms with van der Waals surface area (Å²) in [6.45, 7) is 0.977. The molecule has 26 heavy (non-hydrogen) atoms. The molecule has 1 aliphatic rings. The molecular weight excluding hydrogens is 357 g/mol. The maximum absolute atomic E-state index is 13.4. The molecule has 0 unspecified atom stereocenters. The van der Waals surface area contributed by atoms with E-state index in [1.54, 1.807) is 4.90 Å². The van der Waals surface area contributed by atoms with Crippen molar-refractivity contribution in [1.29, 1.82) is 0 Å². The molecule has 1 aliphatic heterocycles. The number of halogens is 2. The topological polar surface area (TPSA) is 59.2 Å². The molecular formula is C19H15ClFN3O2. The van der Waals surface area contributed by atoms with Crippen LogP contribution < -0.4 is 0 Å². The van der Waals surface area contributed by atoms with Crippen molar-refractivity contribution in [3.8, 4) is 11.5 Å². The van der Waals surface area contributed by atoms with Gasteiger partial charge in [0.05, 0.1) is 10.6 Å². The van der Waals surface area contributed by atoms with Crippen molar-refractivity contribution in [1.82, 2.24) is 15.0 Å². The molecule has 1 saturated heterocycles. The molecule has 4 rings (SSSR count). The fourth-order valence-corrected chi connectivity index (χ4v) is 3.28. The zero-order chi connectivity index (χ0) is 18.1. The summed E-state index contributed by atoms with van der Waals surface area (Å²) in [6, 6.07) is 13.3. The highest BCUT2D eigenvalue weighted by atomic mass is 35.5. The van der Waals surface area contributed by atoms with Crippen molar-refractivity contribution in [3.05, 3.63) is 70.8 Å². The number of benzene rings is 2. The van der Waals surface area contributed by atoms with E-state index < -0.39 is 5.82 Å². The van der Waals surface area contributed by atoms with Crippen LogP contribution >= 0.6 is 11.6 Å². The number of nitrogens with zero attached hydrogens (tertiary/aromatic N) is 3. The van der Waals surface area contributed by atoms with Crippen LogP contribution in [0, 0.1) is 5.82 Å². The lowest BCUT2D eigenvalue weighted by molar-refractivity contribution is 0.0790. The third-order valence-corrected chi connectivity index (χ3v) is 4.79. The SMILES string of the molecule is O=C(c1cc(F)ccc1Cl)N1CC[C@H](c2noc(-c3ccccc3)n2)C1. The molecule has 0 aliphatic carbocycles. The molecule has 132 valence electrons. The molecule has 7 heteroatoms. The smallest absolute Gasteiger partial charge is 0.257 e. The minimum absolute atomic E-state index is 0.0208. The fraction of sp³-hybridized carbons (Fsp3) is 0.211. The van der Waals surface area contributed by atoms with E-state index in [1.165, 1.54) is 18.2 Å². The molecule has 0 spiro atoms. The van der Waals surface area contributed by atoms with Crippen molar-refractivity contribution in [3.63, 3.8) is 0 Å². The zero-order valence-electron chi connectivity index (χ0n) is 13.7. The molecule has 1 amide bonds. The Balaban J connectivity index is 1.50. The zero-order valence-corrected chi connectivity index (χ0v) is 14.5. The van der Waals surface area contributed by atoms with E-state index in [2.05, 4.69) is 10.1 Å². The summed E-state index contributed by atoms with van der Waals surface area (Å²) < 4.78 is 18.8. The van der Waals surface area contributed by atoms with Gasteiger partial charge in [-0.05, 0) is 36.8 Å². The Morgan fingerprint density at radius 2 is 2.04 bits per heavy atom. The van der Waals surface area contributed by atoms with E-state index >= 15 is 0 Å². The summed E-state index contributed by atoms with van der Waals surface area (Å²) in [5.74, 6) is 0.235. The molecule has 5 nitrogen and oxygen atoms in total. The van der Waals surface area contributed by atoms with Gasteiger partial charge >= 0.3 is 0 Å². The van der Waals surface area contributed by atoms with Gasteiger partial charge < -0.3 is 9.42 Å². The summed E-state index contributed by atoms with van der Waals surface area (Å²) in [5, 5.41) is 4.30. The van der Waals surface area contributed by atoms with E-state index in [0.29, 0.717) is 31.2 Å². The predicted octanol–water partition coefficient (Wildman–Crippen LogP) is 4.16. The Labute approximate surface area is 154 Å². The number of aromatic nitrogens is 2. The summed E-state index contributed by atoms with van der Waals surface area (Å²) in [6.07, 6.45) is 0.715. The summed E-state index contributed by atoms with van der Waals surface area (Å²) >= 11 is 6.04. The van der Waals surface area contributed by atoms with Gasteiger partial charge in [0, 0.05) is 24.6 Å². The van der Waals surface area contributed by atoms with Gasteiger partial charge in [-0.2, -0.15) is 4.98 Å². The third-order valence-electron chi connectivity index (χ3n) is 4.46. The van der Waals surface area contributed by atoms with Gasteiger partial charge in [0.1, 0.15) is 5.82 Å². The third kappa shape index (κ3) is 3.20. The molecule has 1 fully saturated rings. The normalized spacial score (nSPS) is 16.8. The second kappa shape index (κ2) is 6.88. The molecule has 0 saturated carbocycles. The first-order chi connectivity index (χ1) is 12.6. The Bertz CT molecular complexity index is 945. The molecule has 2 heterocycles. The first kappa shape index (κ1) is 16.7. The minimum atomic E-state index is -0.487. The monoisotopic (exact) mass is 371 g/mol. The Kier molecular flexibility index (Phi) is 4.42. The second-order valence-electron chi connectivity index (χ2n) is 6.18. The Morgan fingerprint density at radius 3 is 2.85 bits per heavy atom. The average molecular weight is 372 g/mol. The van der Waals surface area contributed by atoms with E-state index in [1.807, 2.05) is 30.3 Å². The van der Waals surface area contributed by atoms with Crippen LogP contribution in [0.5, 0.6) is 0 Å². The number of likely N-dealkylation sites (tertiary alicyclic amines) is 1. The Morgan fingerprint density at radius 1 is 1.23 bits per heavy atom. The Hall–Kier alpha value is -2.73. The van der Waals surface area contributed by atoms with Gasteiger partial charge in [-0.3, -0.25) is 4.79 Å². The fourth-order valence-electron chi connectivity index (χ4n) is 3.09. The molecule has 0 bridgehead atoms. The average Bonchev–Trinajstić information content (AvgIpc) is 3.33. The summed E-state index contributed by atoms with van der Waals surface area (Å²) in [4.78, 5) is 18.7. The number of hydrogen-bond acceptors (Lipinski definition) is 4. The van der Waals surface area contributed by atoms with Gasteiger partial charge in [-0.25, -0.2) is 4.39 Å². The van der Waals surface area contributed by atoms with E-state index in [4.69, 9.17) is 16.1 Å². The number of carbonyl (C=O) groups is 1. The molecule has 1 atom stereocenters. The lowest BCUT2D eigenvalue weighted by Gasteiger charge is -2.16. The van der Waals surface area contributed by atoms with Crippen LogP contribution in [-0.4, -0.2) is 34.0 Å². The van der Waals surface area contributed by atoms with Crippen LogP contribution in [0.3, 0.4) is 0 Å². The van der Waals surface area contributed by atoms with Crippen LogP contribution in [0.25, 0.3) is 11.5 Å². The van der Waals surface area contributed by atoms with Crippen LogP contribution in [0.1, 0.15) is 28.5 Å². The van der Waals surface area contributed by atoms with E-state index in [-0.39, 0.29) is 22.4 Å². The van der Waals surface area contributed by atoms with Crippen LogP contribution in [0.15, 0.2) is 53.1 Å². The molecule has 2 aromatic carbocycles. The van der Waals surface area contributed by atoms with Gasteiger partial charge in [-0.15, -0.1) is 0 Å². The minimum Gasteiger partial charge on any atom is -0.338 e. The molecule has 1 aromatic heterocycles. The number of rotatable bonds is 3. The van der Waals surface area contributed by atoms with Crippen molar-refractivity contribution >= 4 is 17.5 Å². The van der Waals surface area contributed by atoms with Crippen LogP contribution in [0.4, 0.5) is 4.39 Å². The maximum Gasteiger partial charge on any atom is 0.257 e. The number of carbonyl (C=O) groups excluding carboxylic acids is 1. The number of amides is 1. The van der Waals surface area contributed by atoms with Crippen LogP contribution in [0.2, 0.25) is 5.02 Å². The number of hydrogen-bond donors (Lipinski definition) is 0. The van der Waals surface area contributed by atoms with Gasteiger partial charge in [0.25, 0.3) is 11.8 Å². The summed E-state index contributed by atoms with van der Waals surface area (Å²) in [5.41, 5.74) is 1.02. The standard InChI is InChI=1S/C19H15ClFN3O2/c20-16-7-6-14(21)10-15(16)19(25)24-9-8-13(11-24)17-22-18(26-23-17)12-4-2-1-3-5-12/h1-7,10,13H,8-9,11H2/t13-/m0/s1. The van der Waals surface area contributed by atoms with E-state index in [0.717, 1.165) is 5.56 Å². The first-order valence-electron chi connectivity index (χ1n) is 8.25. The highest BCUT2D eigenvalue weighted by Crippen LogP contribution is 2.29. The first-order valence-corrected chi connectivity index (χ1v) is 8.63. The maximum atomic E-state index is 13.4. The quantitative estimate of drug-likeness (QED) is 0.693. The van der Waals surface area contributed by atoms with Crippen LogP contribution in [-0.2, 0) is 0 Å². The highest BCUT2D eigenvalue weighted by molar-refractivity contribution is 6.33. The largest absolute Gasteiger partial charge is 0.338 e. The van der Waals surface area contributed by atoms with Crippen molar-refractivity contribution < 1.29 is 13.7 Å². The lowest BCUT2D eigenvalue weighted by atomic mass is 10.1. The predicted molar refractivity (Wildman–Crippen MR) is 94.4 cm³/mol. The highest BCUT2D eigenvalue weighted by Gasteiger charge is 2.32. The van der Waals surface area contributed by atoms with Gasteiger partial charge in [-0.1, -0.05) is 35.0 Å². The van der Waals surface area contributed by atoms with Gasteiger partial charge in [0.15, 0.2) is 5.82 Å². The molecule has 0 N–H and O–H groups in total. The molecule has 3 aromatic rings. The van der Waals surface area contributed by atoms with Crippen molar-refractivity contribution in [2.24, 2.45) is 0 Å².